The fourth-order valence-corrected chi connectivity index (χ4v) is 2.86. The van der Waals surface area contributed by atoms with Crippen LogP contribution in [0.25, 0.3) is 0 Å². The molecule has 0 saturated heterocycles. The van der Waals surface area contributed by atoms with E-state index in [0.717, 1.165) is 12.5 Å². The molecule has 0 aromatic heterocycles. The minimum absolute atomic E-state index is 0.0345. The van der Waals surface area contributed by atoms with Crippen molar-refractivity contribution in [1.82, 2.24) is 5.32 Å². The van der Waals surface area contributed by atoms with Gasteiger partial charge in [-0.1, -0.05) is 13.8 Å². The molecule has 2 aliphatic carbocycles. The van der Waals surface area contributed by atoms with Crippen LogP contribution in [0, 0.1) is 11.3 Å². The van der Waals surface area contributed by atoms with Crippen molar-refractivity contribution in [3.63, 3.8) is 0 Å². The van der Waals surface area contributed by atoms with Gasteiger partial charge in [0, 0.05) is 18.1 Å². The number of nitrogens with two attached hydrogens (primary N) is 1. The molecule has 0 amide bonds. The van der Waals surface area contributed by atoms with Gasteiger partial charge in [-0.05, 0) is 50.4 Å². The number of hydrogen-bond donors (Lipinski definition) is 2. The molecule has 2 rings (SSSR count). The van der Waals surface area contributed by atoms with Gasteiger partial charge in [-0.2, -0.15) is 0 Å². The molecule has 2 saturated carbocycles. The van der Waals surface area contributed by atoms with Gasteiger partial charge in [0.15, 0.2) is 0 Å². The quantitative estimate of drug-likeness (QED) is 0.747. The molecule has 88 valence electrons. The molecule has 15 heavy (non-hydrogen) atoms. The molecular formula is C13H26N2. The van der Waals surface area contributed by atoms with E-state index in [0.29, 0.717) is 11.5 Å². The maximum Gasteiger partial charge on any atom is 0.0280 e. The zero-order chi connectivity index (χ0) is 11.1. The monoisotopic (exact) mass is 210 g/mol. The van der Waals surface area contributed by atoms with E-state index >= 15 is 0 Å². The summed E-state index contributed by atoms with van der Waals surface area (Å²) in [6.45, 7) is 7.95. The molecule has 0 aromatic carbocycles. The molecule has 0 radical (unpaired) electrons. The van der Waals surface area contributed by atoms with Gasteiger partial charge >= 0.3 is 0 Å². The van der Waals surface area contributed by atoms with E-state index in [1.165, 1.54) is 32.1 Å². The summed E-state index contributed by atoms with van der Waals surface area (Å²) in [7, 11) is 0. The first-order chi connectivity index (χ1) is 6.89. The summed E-state index contributed by atoms with van der Waals surface area (Å²) in [4.78, 5) is 0. The maximum absolute atomic E-state index is 6.31. The Balaban J connectivity index is 1.74. The molecule has 0 bridgehead atoms. The molecule has 0 heterocycles. The zero-order valence-corrected chi connectivity index (χ0v) is 10.5. The van der Waals surface area contributed by atoms with Gasteiger partial charge in [0.25, 0.3) is 0 Å². The van der Waals surface area contributed by atoms with Gasteiger partial charge in [-0.15, -0.1) is 0 Å². The fourth-order valence-electron chi connectivity index (χ4n) is 2.86. The third-order valence-electron chi connectivity index (χ3n) is 4.25. The minimum atomic E-state index is 0.0345. The Morgan fingerprint density at radius 1 is 1.33 bits per heavy atom. The van der Waals surface area contributed by atoms with Gasteiger partial charge in [-0.3, -0.25) is 0 Å². The molecule has 2 aliphatic rings. The highest BCUT2D eigenvalue weighted by Crippen LogP contribution is 2.39. The topological polar surface area (TPSA) is 38.0 Å². The Morgan fingerprint density at radius 2 is 2.00 bits per heavy atom. The average Bonchev–Trinajstić information content (AvgIpc) is 2.89. The summed E-state index contributed by atoms with van der Waals surface area (Å²) in [5.74, 6) is 0.777. The van der Waals surface area contributed by atoms with Crippen LogP contribution in [0.5, 0.6) is 0 Å². The van der Waals surface area contributed by atoms with E-state index in [1.54, 1.807) is 0 Å². The van der Waals surface area contributed by atoms with Crippen molar-refractivity contribution in [2.24, 2.45) is 17.1 Å². The summed E-state index contributed by atoms with van der Waals surface area (Å²) >= 11 is 0. The number of hydrogen-bond acceptors (Lipinski definition) is 2. The lowest BCUT2D eigenvalue weighted by Crippen LogP contribution is -2.50. The zero-order valence-electron chi connectivity index (χ0n) is 10.5. The van der Waals surface area contributed by atoms with Crippen molar-refractivity contribution in [3.05, 3.63) is 0 Å². The van der Waals surface area contributed by atoms with Crippen molar-refractivity contribution in [3.8, 4) is 0 Å². The van der Waals surface area contributed by atoms with Crippen LogP contribution in [0.1, 0.15) is 52.9 Å². The average molecular weight is 210 g/mol. The molecule has 2 nitrogen and oxygen atoms in total. The van der Waals surface area contributed by atoms with Crippen molar-refractivity contribution >= 4 is 0 Å². The smallest absolute Gasteiger partial charge is 0.0280 e. The number of nitrogens with one attached hydrogen (secondary N) is 1. The third kappa shape index (κ3) is 2.94. The Labute approximate surface area is 94.0 Å². The first kappa shape index (κ1) is 11.4. The minimum Gasteiger partial charge on any atom is -0.324 e. The second-order valence-electron chi connectivity index (χ2n) is 6.76. The highest BCUT2D eigenvalue weighted by molar-refractivity contribution is 4.98. The second kappa shape index (κ2) is 3.74. The molecule has 2 heteroatoms. The Kier molecular flexibility index (Phi) is 2.85. The van der Waals surface area contributed by atoms with Crippen LogP contribution in [-0.2, 0) is 0 Å². The lowest BCUT2D eigenvalue weighted by atomic mass is 9.91. The molecule has 0 aliphatic heterocycles. The lowest BCUT2D eigenvalue weighted by molar-refractivity contribution is 0.331. The normalized spacial score (nSPS) is 34.0. The fraction of sp³-hybridized carbons (Fsp3) is 1.00. The lowest BCUT2D eigenvalue weighted by Gasteiger charge is -2.27. The van der Waals surface area contributed by atoms with Crippen LogP contribution in [0.3, 0.4) is 0 Å². The highest BCUT2D eigenvalue weighted by Gasteiger charge is 2.39. The van der Waals surface area contributed by atoms with Gasteiger partial charge in [0.1, 0.15) is 0 Å². The first-order valence-electron chi connectivity index (χ1n) is 6.41. The van der Waals surface area contributed by atoms with Crippen LogP contribution in [0.2, 0.25) is 0 Å². The summed E-state index contributed by atoms with van der Waals surface area (Å²) in [5.41, 5.74) is 6.88. The molecule has 2 fully saturated rings. The van der Waals surface area contributed by atoms with Crippen LogP contribution in [0.15, 0.2) is 0 Å². The van der Waals surface area contributed by atoms with Gasteiger partial charge < -0.3 is 11.1 Å². The summed E-state index contributed by atoms with van der Waals surface area (Å²) in [6.07, 6.45) is 6.67. The van der Waals surface area contributed by atoms with Gasteiger partial charge in [0.2, 0.25) is 0 Å². The number of rotatable bonds is 4. The highest BCUT2D eigenvalue weighted by atomic mass is 15.0. The summed E-state index contributed by atoms with van der Waals surface area (Å²) in [5, 5.41) is 3.67. The van der Waals surface area contributed by atoms with E-state index in [9.17, 15) is 0 Å². The SMILES string of the molecule is CC1(C)CCC(NCC(C)(N)C2CC2)C1. The van der Waals surface area contributed by atoms with Crippen molar-refractivity contribution in [1.29, 1.82) is 0 Å². The predicted molar refractivity (Wildman–Crippen MR) is 64.7 cm³/mol. The largest absolute Gasteiger partial charge is 0.324 e. The van der Waals surface area contributed by atoms with Crippen LogP contribution in [-0.4, -0.2) is 18.1 Å². The Bertz CT molecular complexity index is 229. The van der Waals surface area contributed by atoms with Crippen molar-refractivity contribution < 1.29 is 0 Å². The molecule has 0 spiro atoms. The second-order valence-corrected chi connectivity index (χ2v) is 6.76. The standard InChI is InChI=1S/C13H26N2/c1-12(2)7-6-11(8-12)15-9-13(3,14)10-4-5-10/h10-11,15H,4-9,14H2,1-3H3. The van der Waals surface area contributed by atoms with Crippen LogP contribution in [0.4, 0.5) is 0 Å². The molecule has 2 atom stereocenters. The predicted octanol–water partition coefficient (Wildman–Crippen LogP) is 2.28. The van der Waals surface area contributed by atoms with Crippen molar-refractivity contribution in [2.45, 2.75) is 64.5 Å². The van der Waals surface area contributed by atoms with E-state index < -0.39 is 0 Å². The van der Waals surface area contributed by atoms with Crippen molar-refractivity contribution in [2.75, 3.05) is 6.54 Å². The van der Waals surface area contributed by atoms with Gasteiger partial charge in [0.05, 0.1) is 0 Å². The Hall–Kier alpha value is -0.0800. The van der Waals surface area contributed by atoms with Crippen LogP contribution >= 0.6 is 0 Å². The van der Waals surface area contributed by atoms with E-state index in [-0.39, 0.29) is 5.54 Å². The summed E-state index contributed by atoms with van der Waals surface area (Å²) in [6, 6.07) is 0.710. The van der Waals surface area contributed by atoms with Gasteiger partial charge in [-0.25, -0.2) is 0 Å². The Morgan fingerprint density at radius 3 is 2.47 bits per heavy atom. The molecule has 0 aromatic rings. The third-order valence-corrected chi connectivity index (χ3v) is 4.25. The van der Waals surface area contributed by atoms with Crippen LogP contribution < -0.4 is 11.1 Å². The summed E-state index contributed by atoms with van der Waals surface area (Å²) < 4.78 is 0. The maximum atomic E-state index is 6.31. The first-order valence-corrected chi connectivity index (χ1v) is 6.41. The van der Waals surface area contributed by atoms with E-state index in [2.05, 4.69) is 26.1 Å². The van der Waals surface area contributed by atoms with E-state index in [1.807, 2.05) is 0 Å². The molecular weight excluding hydrogens is 184 g/mol. The molecule has 2 unspecified atom stereocenters. The molecule has 3 N–H and O–H groups in total. The van der Waals surface area contributed by atoms with E-state index in [4.69, 9.17) is 5.73 Å².